The number of hydrogen-bond acceptors (Lipinski definition) is 3. The van der Waals surface area contributed by atoms with Gasteiger partial charge in [-0.05, 0) is 31.2 Å². The number of carbonyl (C=O) groups excluding carboxylic acids is 1. The Hall–Kier alpha value is -1.56. The Kier molecular flexibility index (Phi) is 5.22. The molecule has 21 heavy (non-hydrogen) atoms. The number of carbonyl (C=O) groups is 1. The lowest BCUT2D eigenvalue weighted by molar-refractivity contribution is 0.0940. The summed E-state index contributed by atoms with van der Waals surface area (Å²) in [6.45, 7) is 1.78. The first kappa shape index (κ1) is 15.8. The Morgan fingerprint density at radius 2 is 2.33 bits per heavy atom. The third kappa shape index (κ3) is 3.75. The normalized spacial score (nSPS) is 17.3. The van der Waals surface area contributed by atoms with Crippen molar-refractivity contribution in [3.05, 3.63) is 47.2 Å². The fourth-order valence-electron chi connectivity index (χ4n) is 2.25. The monoisotopic (exact) mass is 326 g/mol. The second-order valence-electron chi connectivity index (χ2n) is 4.82. The van der Waals surface area contributed by atoms with Crippen LogP contribution in [0.25, 0.3) is 5.69 Å². The maximum atomic E-state index is 12.1. The number of aromatic nitrogens is 2. The van der Waals surface area contributed by atoms with E-state index < -0.39 is 0 Å². The van der Waals surface area contributed by atoms with Gasteiger partial charge in [0.05, 0.1) is 17.4 Å². The lowest BCUT2D eigenvalue weighted by Gasteiger charge is -2.09. The Morgan fingerprint density at radius 1 is 1.48 bits per heavy atom. The van der Waals surface area contributed by atoms with Gasteiger partial charge in [0.2, 0.25) is 0 Å². The summed E-state index contributed by atoms with van der Waals surface area (Å²) in [7, 11) is 0. The minimum absolute atomic E-state index is 0. The van der Waals surface area contributed by atoms with Gasteiger partial charge in [0, 0.05) is 23.8 Å². The molecule has 1 atom stereocenters. The SMILES string of the molecule is Cl.O=C(NC1CCNC1)c1cnn(-c2cccc(Cl)c2)c1. The highest BCUT2D eigenvalue weighted by atomic mass is 35.5. The number of rotatable bonds is 3. The van der Waals surface area contributed by atoms with Gasteiger partial charge in [0.25, 0.3) is 5.91 Å². The molecule has 0 radical (unpaired) electrons. The highest BCUT2D eigenvalue weighted by Crippen LogP contribution is 2.14. The van der Waals surface area contributed by atoms with E-state index in [0.717, 1.165) is 25.2 Å². The van der Waals surface area contributed by atoms with Gasteiger partial charge in [-0.2, -0.15) is 5.10 Å². The lowest BCUT2D eigenvalue weighted by Crippen LogP contribution is -2.36. The van der Waals surface area contributed by atoms with Crippen LogP contribution in [0.3, 0.4) is 0 Å². The van der Waals surface area contributed by atoms with E-state index >= 15 is 0 Å². The molecule has 2 N–H and O–H groups in total. The van der Waals surface area contributed by atoms with Crippen molar-refractivity contribution in [2.24, 2.45) is 0 Å². The molecule has 5 nitrogen and oxygen atoms in total. The van der Waals surface area contributed by atoms with E-state index in [1.54, 1.807) is 29.2 Å². The van der Waals surface area contributed by atoms with Gasteiger partial charge in [0.15, 0.2) is 0 Å². The van der Waals surface area contributed by atoms with E-state index in [9.17, 15) is 4.79 Å². The number of nitrogens with one attached hydrogen (secondary N) is 2. The van der Waals surface area contributed by atoms with E-state index in [4.69, 9.17) is 11.6 Å². The number of hydrogen-bond donors (Lipinski definition) is 2. The molecule has 0 aliphatic carbocycles. The van der Waals surface area contributed by atoms with Crippen molar-refractivity contribution < 1.29 is 4.79 Å². The quantitative estimate of drug-likeness (QED) is 0.907. The summed E-state index contributed by atoms with van der Waals surface area (Å²) >= 11 is 5.95. The Balaban J connectivity index is 0.00000161. The van der Waals surface area contributed by atoms with Crippen molar-refractivity contribution in [1.29, 1.82) is 0 Å². The molecule has 0 bridgehead atoms. The van der Waals surface area contributed by atoms with Crippen molar-refractivity contribution in [2.45, 2.75) is 12.5 Å². The van der Waals surface area contributed by atoms with Gasteiger partial charge in [-0.3, -0.25) is 4.79 Å². The molecular weight excluding hydrogens is 311 g/mol. The summed E-state index contributed by atoms with van der Waals surface area (Å²) in [6, 6.07) is 7.55. The highest BCUT2D eigenvalue weighted by Gasteiger charge is 2.18. The maximum absolute atomic E-state index is 12.1. The fraction of sp³-hybridized carbons (Fsp3) is 0.286. The predicted molar refractivity (Wildman–Crippen MR) is 84.6 cm³/mol. The van der Waals surface area contributed by atoms with E-state index in [1.165, 1.54) is 0 Å². The Morgan fingerprint density at radius 3 is 3.05 bits per heavy atom. The average Bonchev–Trinajstić information content (AvgIpc) is 3.09. The molecule has 2 heterocycles. The van der Waals surface area contributed by atoms with Crippen molar-refractivity contribution in [2.75, 3.05) is 13.1 Å². The van der Waals surface area contributed by atoms with E-state index in [-0.39, 0.29) is 24.4 Å². The summed E-state index contributed by atoms with van der Waals surface area (Å²) in [4.78, 5) is 12.1. The number of benzene rings is 1. The molecule has 1 unspecified atom stereocenters. The fourth-order valence-corrected chi connectivity index (χ4v) is 2.43. The van der Waals surface area contributed by atoms with Crippen molar-refractivity contribution >= 4 is 29.9 Å². The molecule has 1 fully saturated rings. The molecule has 1 aromatic carbocycles. The highest BCUT2D eigenvalue weighted by molar-refractivity contribution is 6.30. The Labute approximate surface area is 134 Å². The predicted octanol–water partition coefficient (Wildman–Crippen LogP) is 2.04. The zero-order valence-corrected chi connectivity index (χ0v) is 12.8. The second-order valence-corrected chi connectivity index (χ2v) is 5.25. The van der Waals surface area contributed by atoms with Crippen LogP contribution in [-0.4, -0.2) is 34.8 Å². The molecule has 2 aromatic rings. The maximum Gasteiger partial charge on any atom is 0.254 e. The topological polar surface area (TPSA) is 59.0 Å². The number of amides is 1. The number of nitrogens with zero attached hydrogens (tertiary/aromatic N) is 2. The standard InChI is InChI=1S/C14H15ClN4O.ClH/c15-11-2-1-3-13(6-11)19-9-10(7-17-19)14(20)18-12-4-5-16-8-12;/h1-3,6-7,9,12,16H,4-5,8H2,(H,18,20);1H. The van der Waals surface area contributed by atoms with Crippen LogP contribution in [0.1, 0.15) is 16.8 Å². The van der Waals surface area contributed by atoms with Gasteiger partial charge in [-0.15, -0.1) is 12.4 Å². The minimum atomic E-state index is -0.0908. The minimum Gasteiger partial charge on any atom is -0.348 e. The van der Waals surface area contributed by atoms with Gasteiger partial charge >= 0.3 is 0 Å². The Bertz CT molecular complexity index is 623. The molecule has 0 saturated carbocycles. The average molecular weight is 327 g/mol. The summed E-state index contributed by atoms with van der Waals surface area (Å²) in [6.07, 6.45) is 4.25. The van der Waals surface area contributed by atoms with Crippen LogP contribution < -0.4 is 10.6 Å². The van der Waals surface area contributed by atoms with Crippen LogP contribution >= 0.6 is 24.0 Å². The molecule has 1 amide bonds. The molecule has 1 aliphatic heterocycles. The first-order valence-electron chi connectivity index (χ1n) is 6.54. The smallest absolute Gasteiger partial charge is 0.254 e. The summed E-state index contributed by atoms with van der Waals surface area (Å²) in [5.74, 6) is -0.0908. The zero-order chi connectivity index (χ0) is 13.9. The molecule has 0 spiro atoms. The largest absolute Gasteiger partial charge is 0.348 e. The van der Waals surface area contributed by atoms with E-state index in [1.807, 2.05) is 12.1 Å². The first-order chi connectivity index (χ1) is 9.72. The lowest BCUT2D eigenvalue weighted by atomic mass is 10.2. The van der Waals surface area contributed by atoms with E-state index in [2.05, 4.69) is 15.7 Å². The van der Waals surface area contributed by atoms with Crippen LogP contribution in [0.2, 0.25) is 5.02 Å². The van der Waals surface area contributed by atoms with Gasteiger partial charge in [0.1, 0.15) is 0 Å². The molecule has 1 aromatic heterocycles. The molecule has 7 heteroatoms. The van der Waals surface area contributed by atoms with Gasteiger partial charge in [-0.25, -0.2) is 4.68 Å². The first-order valence-corrected chi connectivity index (χ1v) is 6.92. The summed E-state index contributed by atoms with van der Waals surface area (Å²) in [5, 5.41) is 11.1. The number of halogens is 2. The van der Waals surface area contributed by atoms with Crippen molar-refractivity contribution in [3.63, 3.8) is 0 Å². The van der Waals surface area contributed by atoms with Crippen LogP contribution in [0, 0.1) is 0 Å². The van der Waals surface area contributed by atoms with E-state index in [0.29, 0.717) is 10.6 Å². The third-order valence-corrected chi connectivity index (χ3v) is 3.55. The van der Waals surface area contributed by atoms with Crippen LogP contribution in [0.4, 0.5) is 0 Å². The summed E-state index contributed by atoms with van der Waals surface area (Å²) in [5.41, 5.74) is 1.39. The van der Waals surface area contributed by atoms with Crippen molar-refractivity contribution in [3.8, 4) is 5.69 Å². The molecule has 112 valence electrons. The van der Waals surface area contributed by atoms with Crippen LogP contribution in [0.5, 0.6) is 0 Å². The molecular formula is C14H16Cl2N4O. The van der Waals surface area contributed by atoms with Crippen molar-refractivity contribution in [1.82, 2.24) is 20.4 Å². The van der Waals surface area contributed by atoms with Crippen LogP contribution in [0.15, 0.2) is 36.7 Å². The second kappa shape index (κ2) is 6.93. The molecule has 1 aliphatic rings. The van der Waals surface area contributed by atoms with Gasteiger partial charge < -0.3 is 10.6 Å². The van der Waals surface area contributed by atoms with Gasteiger partial charge in [-0.1, -0.05) is 17.7 Å². The molecule has 1 saturated heterocycles. The summed E-state index contributed by atoms with van der Waals surface area (Å²) < 4.78 is 1.65. The zero-order valence-electron chi connectivity index (χ0n) is 11.3. The third-order valence-electron chi connectivity index (χ3n) is 3.31. The molecule has 3 rings (SSSR count). The van der Waals surface area contributed by atoms with Crippen LogP contribution in [-0.2, 0) is 0 Å².